The van der Waals surface area contributed by atoms with Gasteiger partial charge in [0.25, 0.3) is 0 Å². The minimum absolute atomic E-state index is 0. The fourth-order valence-corrected chi connectivity index (χ4v) is 10.5. The predicted octanol–water partition coefficient (Wildman–Crippen LogP) is 8.01. The zero-order chi connectivity index (χ0) is 31.4. The van der Waals surface area contributed by atoms with E-state index in [1.54, 1.807) is 27.6 Å². The summed E-state index contributed by atoms with van der Waals surface area (Å²) in [7, 11) is -0.120. The Balaban J connectivity index is 0.000000917. The molecule has 0 atom stereocenters. The van der Waals surface area contributed by atoms with E-state index >= 15 is 0 Å². The van der Waals surface area contributed by atoms with Crippen LogP contribution in [0.5, 0.6) is 0 Å². The molecule has 0 heterocycles. The van der Waals surface area contributed by atoms with E-state index in [1.165, 1.54) is 69.8 Å². The molecule has 2 aromatic carbocycles. The van der Waals surface area contributed by atoms with Crippen molar-refractivity contribution in [1.29, 1.82) is 0 Å². The van der Waals surface area contributed by atoms with Crippen molar-refractivity contribution in [2.24, 2.45) is 0 Å². The Morgan fingerprint density at radius 2 is 1.05 bits per heavy atom. The molecule has 2 aliphatic carbocycles. The third-order valence-electron chi connectivity index (χ3n) is 8.52. The van der Waals surface area contributed by atoms with Crippen LogP contribution in [0.15, 0.2) is 36.4 Å². The summed E-state index contributed by atoms with van der Waals surface area (Å²) >= 11 is 0. The molecule has 2 aliphatic rings. The number of carboxylic acids is 2. The maximum absolute atomic E-state index is 8.89. The second-order valence-corrected chi connectivity index (χ2v) is 15.8. The van der Waals surface area contributed by atoms with E-state index in [0.29, 0.717) is 17.8 Å². The molecule has 2 saturated carbocycles. The van der Waals surface area contributed by atoms with E-state index in [4.69, 9.17) is 19.8 Å². The predicted molar refractivity (Wildman–Crippen MR) is 176 cm³/mol. The quantitative estimate of drug-likeness (QED) is 0.217. The van der Waals surface area contributed by atoms with Crippen molar-refractivity contribution in [2.45, 2.75) is 149 Å². The molecule has 0 unspecified atom stereocenters. The summed E-state index contributed by atoms with van der Waals surface area (Å²) in [4.78, 5) is 17.8. The van der Waals surface area contributed by atoms with Crippen LogP contribution in [-0.2, 0) is 30.0 Å². The number of aliphatic carboxylic acids is 2. The molecule has 0 spiro atoms. The number of carbonyl (C=O) groups is 2. The number of carboxylic acid groups (broad SMARTS) is 2. The summed E-state index contributed by atoms with van der Waals surface area (Å²) in [6, 6.07) is 14.8. The van der Waals surface area contributed by atoms with Gasteiger partial charge in [0.1, 0.15) is 0 Å². The van der Waals surface area contributed by atoms with Gasteiger partial charge in [0, 0.05) is 11.9 Å². The van der Waals surface area contributed by atoms with E-state index in [9.17, 15) is 0 Å². The summed E-state index contributed by atoms with van der Waals surface area (Å²) in [6.45, 7) is 16.3. The van der Waals surface area contributed by atoms with Crippen LogP contribution in [0, 0.1) is 0 Å². The molecule has 0 aliphatic heterocycles. The van der Waals surface area contributed by atoms with E-state index < -0.39 is 11.9 Å². The molecule has 2 fully saturated rings. The van der Waals surface area contributed by atoms with Gasteiger partial charge in [0.05, 0.1) is 0 Å². The molecule has 4 rings (SSSR count). The molecule has 0 saturated heterocycles. The second-order valence-electron chi connectivity index (χ2n) is 13.0. The molecule has 0 radical (unpaired) electrons. The third kappa shape index (κ3) is 12.4. The van der Waals surface area contributed by atoms with E-state index in [2.05, 4.69) is 77.9 Å². The molecule has 4 nitrogen and oxygen atoms in total. The van der Waals surface area contributed by atoms with Gasteiger partial charge in [0.15, 0.2) is 0 Å². The number of hydrogen-bond acceptors (Lipinski definition) is 4. The smallest absolute Gasteiger partial charge is 0.550 e. The van der Waals surface area contributed by atoms with Gasteiger partial charge in [-0.1, -0.05) is 124 Å². The maximum Gasteiger partial charge on any atom is 2.00 e. The van der Waals surface area contributed by atoms with Crippen LogP contribution in [0.2, 0.25) is 0 Å². The summed E-state index contributed by atoms with van der Waals surface area (Å²) in [6.07, 6.45) is 14.6. The Kier molecular flexibility index (Phi) is 18.2. The molecule has 0 bridgehead atoms. The third-order valence-corrected chi connectivity index (χ3v) is 12.1. The minimum atomic E-state index is -1.08. The van der Waals surface area contributed by atoms with Gasteiger partial charge in [0.2, 0.25) is 0 Å². The average molecular weight is 701 g/mol. The first-order valence-corrected chi connectivity index (χ1v) is 17.7. The number of benzene rings is 2. The summed E-state index contributed by atoms with van der Waals surface area (Å²) in [5.41, 5.74) is 9.71. The number of hydrogen-bond donors (Lipinski definition) is 0. The Labute approximate surface area is 277 Å². The molecule has 242 valence electrons. The van der Waals surface area contributed by atoms with Crippen molar-refractivity contribution in [3.8, 4) is 11.1 Å². The Bertz CT molecular complexity index is 1060. The first-order chi connectivity index (χ1) is 19.8. The van der Waals surface area contributed by atoms with Gasteiger partial charge >= 0.3 is 20.4 Å². The molecule has 43 heavy (non-hydrogen) atoms. The van der Waals surface area contributed by atoms with Gasteiger partial charge < -0.3 is 19.8 Å². The summed E-state index contributed by atoms with van der Waals surface area (Å²) < 4.78 is 0. The topological polar surface area (TPSA) is 80.3 Å². The Hall–Kier alpha value is -1.53. The molecule has 0 amide bonds. The minimum Gasteiger partial charge on any atom is -0.550 e. The van der Waals surface area contributed by atoms with Crippen molar-refractivity contribution in [3.05, 3.63) is 53.1 Å². The largest absolute Gasteiger partial charge is 2.00 e. The average Bonchev–Trinajstić information content (AvgIpc) is 2.93. The molecule has 0 aromatic heterocycles. The van der Waals surface area contributed by atoms with Crippen LogP contribution in [0.3, 0.4) is 0 Å². The molecule has 6 heteroatoms. The van der Waals surface area contributed by atoms with Gasteiger partial charge in [-0.2, -0.15) is 0 Å². The first kappa shape index (κ1) is 39.5. The normalized spacial score (nSPS) is 15.8. The monoisotopic (exact) mass is 700 g/mol. The van der Waals surface area contributed by atoms with Gasteiger partial charge in [-0.3, -0.25) is 0 Å². The van der Waals surface area contributed by atoms with E-state index in [0.717, 1.165) is 25.2 Å². The molecular weight excluding hydrogens is 646 g/mol. The van der Waals surface area contributed by atoms with Crippen LogP contribution < -0.4 is 15.5 Å². The van der Waals surface area contributed by atoms with Crippen LogP contribution in [0.4, 0.5) is 0 Å². The maximum atomic E-state index is 8.89. The van der Waals surface area contributed by atoms with Crippen molar-refractivity contribution < 1.29 is 40.2 Å². The van der Waals surface area contributed by atoms with Crippen molar-refractivity contribution in [1.82, 2.24) is 0 Å². The second kappa shape index (κ2) is 19.8. The standard InChI is InChI=1S/C33H49P.2C2H4O2.Pd/c1-23(2)26-21-30(24(3)4)33(31(22-26)25(5)6)29-19-13-14-20-32(29)34(27-15-9-7-10-16-27)28-17-11-8-12-18-28;2*1-2(3)4;/h13-14,19-25,27-28H,7-12,15-18H2,1-6H3;2*1H3,(H,3,4);/q;;;+2/p-2. The summed E-state index contributed by atoms with van der Waals surface area (Å²) in [5, 5.41) is 19.5. The summed E-state index contributed by atoms with van der Waals surface area (Å²) in [5.74, 6) is -0.523. The molecule has 2 aromatic rings. The number of rotatable bonds is 7. The van der Waals surface area contributed by atoms with Crippen molar-refractivity contribution in [2.75, 3.05) is 0 Å². The van der Waals surface area contributed by atoms with E-state index in [-0.39, 0.29) is 28.3 Å². The first-order valence-electron chi connectivity index (χ1n) is 16.3. The van der Waals surface area contributed by atoms with Crippen LogP contribution in [0.25, 0.3) is 11.1 Å². The van der Waals surface area contributed by atoms with Crippen molar-refractivity contribution in [3.63, 3.8) is 0 Å². The Morgan fingerprint density at radius 3 is 1.40 bits per heavy atom. The van der Waals surface area contributed by atoms with Crippen LogP contribution in [-0.4, -0.2) is 23.3 Å². The van der Waals surface area contributed by atoms with Gasteiger partial charge in [-0.05, 0) is 102 Å². The zero-order valence-corrected chi connectivity index (χ0v) is 30.3. The van der Waals surface area contributed by atoms with E-state index in [1.807, 2.05) is 0 Å². The Morgan fingerprint density at radius 1 is 0.674 bits per heavy atom. The zero-order valence-electron chi connectivity index (χ0n) is 27.8. The van der Waals surface area contributed by atoms with Gasteiger partial charge in [-0.25, -0.2) is 0 Å². The molecule has 0 N–H and O–H groups in total. The van der Waals surface area contributed by atoms with Crippen LogP contribution >= 0.6 is 7.92 Å². The van der Waals surface area contributed by atoms with Crippen LogP contribution in [0.1, 0.15) is 154 Å². The molecular formula is C37H55O4PPd. The van der Waals surface area contributed by atoms with Crippen molar-refractivity contribution >= 4 is 25.2 Å². The SMILES string of the molecule is CC(=O)[O-].CC(=O)[O-].CC(C)c1cc(C(C)C)c(-c2ccccc2P(C2CCCCC2)C2CCCCC2)c(C(C)C)c1.[Pd+2]. The van der Waals surface area contributed by atoms with Gasteiger partial charge in [-0.15, -0.1) is 0 Å². The fraction of sp³-hybridized carbons (Fsp3) is 0.622. The number of carbonyl (C=O) groups excluding carboxylic acids is 2. The fourth-order valence-electron chi connectivity index (χ4n) is 6.59.